The summed E-state index contributed by atoms with van der Waals surface area (Å²) in [5, 5.41) is 1.95. The molecule has 0 radical (unpaired) electrons. The second kappa shape index (κ2) is 3.77. The van der Waals surface area contributed by atoms with Crippen LogP contribution in [0.25, 0.3) is 10.9 Å². The van der Waals surface area contributed by atoms with Gasteiger partial charge in [0.1, 0.15) is 0 Å². The molecule has 1 amide bonds. The maximum atomic E-state index is 11.4. The summed E-state index contributed by atoms with van der Waals surface area (Å²) in [6.45, 7) is 3.09. The second-order valence-electron chi connectivity index (χ2n) is 4.46. The summed E-state index contributed by atoms with van der Waals surface area (Å²) in [5.41, 5.74) is 3.55. The molecule has 17 heavy (non-hydrogen) atoms. The van der Waals surface area contributed by atoms with Crippen LogP contribution in [0.1, 0.15) is 18.2 Å². The quantitative estimate of drug-likeness (QED) is 0.765. The molecule has 1 aliphatic rings. The fourth-order valence-electron chi connectivity index (χ4n) is 2.48. The van der Waals surface area contributed by atoms with E-state index in [0.29, 0.717) is 6.54 Å². The minimum atomic E-state index is 0.132. The van der Waals surface area contributed by atoms with Crippen molar-refractivity contribution in [3.05, 3.63) is 34.5 Å². The number of nitrogens with one attached hydrogen (secondary N) is 1. The molecule has 3 nitrogen and oxygen atoms in total. The number of hydrogen-bond acceptors (Lipinski definition) is 1. The predicted octanol–water partition coefficient (Wildman–Crippen LogP) is 2.73. The first kappa shape index (κ1) is 10.7. The Morgan fingerprint density at radius 1 is 1.47 bits per heavy atom. The van der Waals surface area contributed by atoms with E-state index in [0.717, 1.165) is 29.2 Å². The van der Waals surface area contributed by atoms with Crippen molar-refractivity contribution in [3.63, 3.8) is 0 Å². The third-order valence-corrected chi connectivity index (χ3v) is 3.62. The number of fused-ring (bicyclic) bond motifs is 3. The molecule has 2 aromatic rings. The summed E-state index contributed by atoms with van der Waals surface area (Å²) in [5.74, 6) is 0.132. The molecule has 0 bridgehead atoms. The summed E-state index contributed by atoms with van der Waals surface area (Å²) in [6, 6.07) is 5.87. The summed E-state index contributed by atoms with van der Waals surface area (Å²) in [7, 11) is 0. The molecule has 2 heterocycles. The van der Waals surface area contributed by atoms with Crippen molar-refractivity contribution in [1.82, 2.24) is 9.88 Å². The van der Waals surface area contributed by atoms with E-state index in [4.69, 9.17) is 11.6 Å². The Balaban J connectivity index is 2.10. The number of aromatic nitrogens is 1. The monoisotopic (exact) mass is 248 g/mol. The van der Waals surface area contributed by atoms with E-state index >= 15 is 0 Å². The van der Waals surface area contributed by atoms with Crippen LogP contribution in [0, 0.1) is 0 Å². The summed E-state index contributed by atoms with van der Waals surface area (Å²) < 4.78 is 0. The zero-order valence-electron chi connectivity index (χ0n) is 9.59. The third-order valence-electron chi connectivity index (χ3n) is 3.38. The molecule has 4 heteroatoms. The Bertz CT molecular complexity index is 603. The van der Waals surface area contributed by atoms with E-state index in [1.807, 2.05) is 23.1 Å². The van der Waals surface area contributed by atoms with E-state index in [2.05, 4.69) is 4.98 Å². The Labute approximate surface area is 104 Å². The van der Waals surface area contributed by atoms with Gasteiger partial charge in [-0.15, -0.1) is 0 Å². The average Bonchev–Trinajstić information content (AvgIpc) is 2.66. The first-order valence-corrected chi connectivity index (χ1v) is 6.07. The molecule has 0 atom stereocenters. The lowest BCUT2D eigenvalue weighted by Crippen LogP contribution is -2.34. The van der Waals surface area contributed by atoms with E-state index < -0.39 is 0 Å². The molecular formula is C13H13ClN2O. The zero-order chi connectivity index (χ0) is 12.0. The van der Waals surface area contributed by atoms with Gasteiger partial charge >= 0.3 is 0 Å². The first-order chi connectivity index (χ1) is 8.15. The molecule has 0 fully saturated rings. The number of carbonyl (C=O) groups excluding carboxylic acids is 1. The number of nitrogens with zero attached hydrogens (tertiary/aromatic N) is 1. The van der Waals surface area contributed by atoms with Crippen LogP contribution in [0.2, 0.25) is 5.02 Å². The van der Waals surface area contributed by atoms with Gasteiger partial charge in [0.15, 0.2) is 0 Å². The molecule has 1 aromatic heterocycles. The topological polar surface area (TPSA) is 36.1 Å². The molecule has 0 saturated carbocycles. The molecule has 88 valence electrons. The van der Waals surface area contributed by atoms with Crippen molar-refractivity contribution in [3.8, 4) is 0 Å². The largest absolute Gasteiger partial charge is 0.357 e. The molecule has 0 aliphatic carbocycles. The van der Waals surface area contributed by atoms with Crippen molar-refractivity contribution in [2.75, 3.05) is 6.54 Å². The van der Waals surface area contributed by atoms with Crippen LogP contribution in [0.15, 0.2) is 18.2 Å². The number of aromatic amines is 1. The summed E-state index contributed by atoms with van der Waals surface area (Å²) >= 11 is 6.02. The molecular weight excluding hydrogens is 236 g/mol. The van der Waals surface area contributed by atoms with Crippen LogP contribution >= 0.6 is 11.6 Å². The van der Waals surface area contributed by atoms with Gasteiger partial charge in [0, 0.05) is 35.1 Å². The molecule has 1 aliphatic heterocycles. The Morgan fingerprint density at radius 2 is 2.29 bits per heavy atom. The zero-order valence-corrected chi connectivity index (χ0v) is 10.3. The highest BCUT2D eigenvalue weighted by molar-refractivity contribution is 6.31. The van der Waals surface area contributed by atoms with Gasteiger partial charge in [0.2, 0.25) is 5.91 Å². The predicted molar refractivity (Wildman–Crippen MR) is 68.1 cm³/mol. The minimum absolute atomic E-state index is 0.132. The molecule has 1 aromatic carbocycles. The maximum Gasteiger partial charge on any atom is 0.219 e. The highest BCUT2D eigenvalue weighted by Gasteiger charge is 2.21. The van der Waals surface area contributed by atoms with Crippen molar-refractivity contribution < 1.29 is 4.79 Å². The molecule has 3 rings (SSSR count). The van der Waals surface area contributed by atoms with Gasteiger partial charge in [-0.2, -0.15) is 0 Å². The van der Waals surface area contributed by atoms with Crippen molar-refractivity contribution >= 4 is 28.4 Å². The van der Waals surface area contributed by atoms with E-state index in [9.17, 15) is 4.79 Å². The number of H-pyrrole nitrogens is 1. The Hall–Kier alpha value is -1.48. The minimum Gasteiger partial charge on any atom is -0.357 e. The van der Waals surface area contributed by atoms with Gasteiger partial charge < -0.3 is 9.88 Å². The molecule has 1 N–H and O–H groups in total. The number of halogens is 1. The number of rotatable bonds is 0. The second-order valence-corrected chi connectivity index (χ2v) is 4.90. The standard InChI is InChI=1S/C13H13ClN2O/c1-8(17)16-5-4-10-11-6-9(14)2-3-12(11)15-13(10)7-16/h2-3,6,15H,4-5,7H2,1H3. The summed E-state index contributed by atoms with van der Waals surface area (Å²) in [4.78, 5) is 16.6. The van der Waals surface area contributed by atoms with Crippen LogP contribution in [0.5, 0.6) is 0 Å². The van der Waals surface area contributed by atoms with Gasteiger partial charge in [-0.05, 0) is 30.2 Å². The normalized spacial score (nSPS) is 15.1. The van der Waals surface area contributed by atoms with Gasteiger partial charge in [-0.1, -0.05) is 11.6 Å². The van der Waals surface area contributed by atoms with Gasteiger partial charge in [-0.3, -0.25) is 4.79 Å². The lowest BCUT2D eigenvalue weighted by molar-refractivity contribution is -0.129. The van der Waals surface area contributed by atoms with E-state index in [1.165, 1.54) is 10.9 Å². The number of benzene rings is 1. The van der Waals surface area contributed by atoms with Crippen LogP contribution in [-0.2, 0) is 17.8 Å². The van der Waals surface area contributed by atoms with Crippen LogP contribution < -0.4 is 0 Å². The van der Waals surface area contributed by atoms with Crippen molar-refractivity contribution in [1.29, 1.82) is 0 Å². The molecule has 0 saturated heterocycles. The van der Waals surface area contributed by atoms with Gasteiger partial charge in [-0.25, -0.2) is 0 Å². The van der Waals surface area contributed by atoms with E-state index in [1.54, 1.807) is 6.92 Å². The first-order valence-electron chi connectivity index (χ1n) is 5.69. The van der Waals surface area contributed by atoms with Crippen LogP contribution in [0.4, 0.5) is 0 Å². The maximum absolute atomic E-state index is 11.4. The lowest BCUT2D eigenvalue weighted by Gasteiger charge is -2.25. The van der Waals surface area contributed by atoms with Gasteiger partial charge in [0.05, 0.1) is 6.54 Å². The fourth-order valence-corrected chi connectivity index (χ4v) is 2.65. The number of amides is 1. The van der Waals surface area contributed by atoms with Crippen molar-refractivity contribution in [2.24, 2.45) is 0 Å². The lowest BCUT2D eigenvalue weighted by atomic mass is 10.0. The average molecular weight is 249 g/mol. The number of hydrogen-bond donors (Lipinski definition) is 1. The number of carbonyl (C=O) groups is 1. The van der Waals surface area contributed by atoms with E-state index in [-0.39, 0.29) is 5.91 Å². The Morgan fingerprint density at radius 3 is 3.06 bits per heavy atom. The Kier molecular flexibility index (Phi) is 2.37. The molecule has 0 spiro atoms. The van der Waals surface area contributed by atoms with Crippen LogP contribution in [0.3, 0.4) is 0 Å². The molecule has 0 unspecified atom stereocenters. The highest BCUT2D eigenvalue weighted by atomic mass is 35.5. The van der Waals surface area contributed by atoms with Crippen molar-refractivity contribution in [2.45, 2.75) is 19.9 Å². The van der Waals surface area contributed by atoms with Gasteiger partial charge in [0.25, 0.3) is 0 Å². The summed E-state index contributed by atoms with van der Waals surface area (Å²) in [6.07, 6.45) is 0.898. The van der Waals surface area contributed by atoms with Crippen LogP contribution in [-0.4, -0.2) is 22.3 Å². The third kappa shape index (κ3) is 1.71. The smallest absolute Gasteiger partial charge is 0.219 e. The highest BCUT2D eigenvalue weighted by Crippen LogP contribution is 2.29. The SMILES string of the molecule is CC(=O)N1CCc2c([nH]c3ccc(Cl)cc23)C1. The fraction of sp³-hybridized carbons (Fsp3) is 0.308.